The molecule has 1 heterocycles. The molecule has 1 aromatic carbocycles. The highest BCUT2D eigenvalue weighted by atomic mass is 16.7. The Hall–Kier alpha value is -2.01. The number of methoxy groups -OCH3 is 1. The summed E-state index contributed by atoms with van der Waals surface area (Å²) in [7, 11) is 1.43. The first kappa shape index (κ1) is 10.5. The van der Waals surface area contributed by atoms with Crippen LogP contribution in [0.4, 0.5) is 5.69 Å². The van der Waals surface area contributed by atoms with Gasteiger partial charge in [-0.2, -0.15) is 0 Å². The van der Waals surface area contributed by atoms with Crippen molar-refractivity contribution in [2.24, 2.45) is 0 Å². The van der Waals surface area contributed by atoms with E-state index in [1.165, 1.54) is 13.2 Å². The van der Waals surface area contributed by atoms with Gasteiger partial charge in [0.25, 0.3) is 0 Å². The lowest BCUT2D eigenvalue weighted by atomic mass is 10.2. The third kappa shape index (κ3) is 1.99. The Morgan fingerprint density at radius 3 is 2.88 bits per heavy atom. The van der Waals surface area contributed by atoms with Crippen LogP contribution in [0.1, 0.15) is 0 Å². The topological polar surface area (TPSA) is 67.8 Å². The Balaban J connectivity index is 2.19. The minimum absolute atomic E-state index is 0.0950. The molecule has 0 saturated heterocycles. The molecule has 2 rings (SSSR count). The minimum atomic E-state index is -0.743. The fourth-order valence-electron chi connectivity index (χ4n) is 1.40. The summed E-state index contributed by atoms with van der Waals surface area (Å²) in [5.41, 5.74) is 0.961. The van der Waals surface area contributed by atoms with Gasteiger partial charge in [0.05, 0.1) is 11.4 Å². The fourth-order valence-corrected chi connectivity index (χ4v) is 1.40. The van der Waals surface area contributed by atoms with Crippen molar-refractivity contribution in [1.29, 1.82) is 0 Å². The average Bonchev–Trinajstić information content (AvgIpc) is 2.62. The highest BCUT2D eigenvalue weighted by Gasteiger charge is 2.26. The molecule has 0 amide bonds. The number of ether oxygens (including phenoxy) is 2. The van der Waals surface area contributed by atoms with Crippen molar-refractivity contribution in [3.05, 3.63) is 36.0 Å². The third-order valence-corrected chi connectivity index (χ3v) is 2.15. The second kappa shape index (κ2) is 4.24. The van der Waals surface area contributed by atoms with Gasteiger partial charge in [-0.15, -0.1) is 0 Å². The summed E-state index contributed by atoms with van der Waals surface area (Å²) in [5.74, 6) is -0.373. The Kier molecular flexibility index (Phi) is 2.78. The first-order chi connectivity index (χ1) is 7.70. The van der Waals surface area contributed by atoms with Crippen molar-refractivity contribution < 1.29 is 19.4 Å². The number of benzene rings is 1. The van der Waals surface area contributed by atoms with Gasteiger partial charge >= 0.3 is 5.97 Å². The number of para-hydroxylation sites is 2. The van der Waals surface area contributed by atoms with Gasteiger partial charge in [-0.05, 0) is 12.1 Å². The molecule has 0 saturated carbocycles. The predicted octanol–water partition coefficient (Wildman–Crippen LogP) is 1.22. The second-order valence-corrected chi connectivity index (χ2v) is 3.25. The number of rotatable bonds is 3. The lowest BCUT2D eigenvalue weighted by molar-refractivity contribution is -0.155. The minimum Gasteiger partial charge on any atom is -0.506 e. The number of phenolic OH excluding ortho intramolecular Hbond substituents is 1. The first-order valence-electron chi connectivity index (χ1n) is 4.70. The predicted molar refractivity (Wildman–Crippen MR) is 56.7 cm³/mol. The van der Waals surface area contributed by atoms with Crippen LogP contribution < -0.4 is 5.32 Å². The largest absolute Gasteiger partial charge is 0.506 e. The molecule has 0 aliphatic carbocycles. The third-order valence-electron chi connectivity index (χ3n) is 2.15. The number of aromatic hydroxyl groups is 1. The Labute approximate surface area is 92.3 Å². The molecule has 1 aliphatic rings. The van der Waals surface area contributed by atoms with E-state index in [2.05, 4.69) is 5.32 Å². The van der Waals surface area contributed by atoms with Gasteiger partial charge in [0.2, 0.25) is 6.29 Å². The average molecular weight is 221 g/mol. The molecular formula is C11H11NO4. The first-order valence-corrected chi connectivity index (χ1v) is 4.70. The summed E-state index contributed by atoms with van der Waals surface area (Å²) in [6, 6.07) is 6.70. The van der Waals surface area contributed by atoms with Crippen LogP contribution >= 0.6 is 0 Å². The summed E-state index contributed by atoms with van der Waals surface area (Å²) in [6.45, 7) is 0. The van der Waals surface area contributed by atoms with E-state index in [0.717, 1.165) is 0 Å². The zero-order valence-electron chi connectivity index (χ0n) is 8.64. The van der Waals surface area contributed by atoms with Crippen LogP contribution in [0.25, 0.3) is 0 Å². The van der Waals surface area contributed by atoms with Crippen molar-refractivity contribution in [3.63, 3.8) is 0 Å². The van der Waals surface area contributed by atoms with Gasteiger partial charge in [-0.3, -0.25) is 0 Å². The van der Waals surface area contributed by atoms with E-state index in [-0.39, 0.29) is 5.75 Å². The van der Waals surface area contributed by atoms with Crippen molar-refractivity contribution in [2.45, 2.75) is 6.29 Å². The van der Waals surface area contributed by atoms with Gasteiger partial charge in [0.1, 0.15) is 5.75 Å². The van der Waals surface area contributed by atoms with E-state index in [1.54, 1.807) is 24.3 Å². The van der Waals surface area contributed by atoms with Gasteiger partial charge < -0.3 is 19.9 Å². The molecule has 0 bridgehead atoms. The fraction of sp³-hybridized carbons (Fsp3) is 0.182. The van der Waals surface area contributed by atoms with E-state index < -0.39 is 12.3 Å². The SMILES string of the molecule is CO[C@@H]1OC(=O)C=C1Nc1ccccc1O. The van der Waals surface area contributed by atoms with Crippen molar-refractivity contribution in [3.8, 4) is 5.75 Å². The Morgan fingerprint density at radius 1 is 1.44 bits per heavy atom. The van der Waals surface area contributed by atoms with Crippen LogP contribution in [0.2, 0.25) is 0 Å². The maximum Gasteiger partial charge on any atom is 0.335 e. The summed E-state index contributed by atoms with van der Waals surface area (Å²) >= 11 is 0. The number of carbonyl (C=O) groups is 1. The summed E-state index contributed by atoms with van der Waals surface area (Å²) in [5, 5.41) is 12.4. The number of cyclic esters (lactones) is 1. The van der Waals surface area contributed by atoms with Crippen LogP contribution in [0.5, 0.6) is 5.75 Å². The van der Waals surface area contributed by atoms with Crippen molar-refractivity contribution >= 4 is 11.7 Å². The van der Waals surface area contributed by atoms with Gasteiger partial charge in [0.15, 0.2) is 0 Å². The maximum atomic E-state index is 11.0. The lowest BCUT2D eigenvalue weighted by Crippen LogP contribution is -2.18. The van der Waals surface area contributed by atoms with Gasteiger partial charge in [-0.25, -0.2) is 4.79 Å². The molecule has 16 heavy (non-hydrogen) atoms. The van der Waals surface area contributed by atoms with E-state index in [4.69, 9.17) is 9.47 Å². The van der Waals surface area contributed by atoms with Crippen LogP contribution in [0, 0.1) is 0 Å². The maximum absolute atomic E-state index is 11.0. The van der Waals surface area contributed by atoms with E-state index >= 15 is 0 Å². The molecule has 0 spiro atoms. The lowest BCUT2D eigenvalue weighted by Gasteiger charge is -2.14. The molecule has 5 heteroatoms. The van der Waals surface area contributed by atoms with Gasteiger partial charge in [-0.1, -0.05) is 12.1 Å². The van der Waals surface area contributed by atoms with E-state index in [1.807, 2.05) is 0 Å². The molecule has 1 aromatic rings. The monoisotopic (exact) mass is 221 g/mol. The van der Waals surface area contributed by atoms with Gasteiger partial charge in [0, 0.05) is 13.2 Å². The van der Waals surface area contributed by atoms with E-state index in [0.29, 0.717) is 11.4 Å². The molecule has 84 valence electrons. The number of hydrogen-bond acceptors (Lipinski definition) is 5. The Bertz CT molecular complexity index is 441. The number of hydrogen-bond donors (Lipinski definition) is 2. The number of nitrogens with one attached hydrogen (secondary N) is 1. The summed E-state index contributed by atoms with van der Waals surface area (Å²) in [6.07, 6.45) is 0.549. The molecule has 0 unspecified atom stereocenters. The smallest absolute Gasteiger partial charge is 0.335 e. The van der Waals surface area contributed by atoms with Crippen molar-refractivity contribution in [1.82, 2.24) is 0 Å². The highest BCUT2D eigenvalue weighted by molar-refractivity contribution is 5.86. The molecular weight excluding hydrogens is 210 g/mol. The second-order valence-electron chi connectivity index (χ2n) is 3.25. The number of anilines is 1. The molecule has 1 atom stereocenters. The van der Waals surface area contributed by atoms with Crippen LogP contribution in [0.3, 0.4) is 0 Å². The quantitative estimate of drug-likeness (QED) is 0.593. The molecule has 2 N–H and O–H groups in total. The summed E-state index contributed by atoms with van der Waals surface area (Å²) < 4.78 is 9.79. The number of phenols is 1. The zero-order chi connectivity index (χ0) is 11.5. The Morgan fingerprint density at radius 2 is 2.19 bits per heavy atom. The summed E-state index contributed by atoms with van der Waals surface area (Å²) in [4.78, 5) is 11.0. The molecule has 0 radical (unpaired) electrons. The number of carbonyl (C=O) groups excluding carboxylic acids is 1. The highest BCUT2D eigenvalue weighted by Crippen LogP contribution is 2.26. The molecule has 0 aromatic heterocycles. The normalized spacial score (nSPS) is 19.2. The molecule has 1 aliphatic heterocycles. The number of esters is 1. The van der Waals surface area contributed by atoms with Crippen molar-refractivity contribution in [2.75, 3.05) is 12.4 Å². The molecule has 5 nitrogen and oxygen atoms in total. The standard InChI is InChI=1S/C11H11NO4/c1-15-11-8(6-10(14)16-11)12-7-4-2-3-5-9(7)13/h2-6,11-13H,1H3/t11-/m1/s1. The van der Waals surface area contributed by atoms with E-state index in [9.17, 15) is 9.90 Å². The van der Waals surface area contributed by atoms with Crippen LogP contribution in [-0.4, -0.2) is 24.5 Å². The van der Waals surface area contributed by atoms with Crippen LogP contribution in [-0.2, 0) is 14.3 Å². The molecule has 0 fully saturated rings. The zero-order valence-corrected chi connectivity index (χ0v) is 8.64. The van der Waals surface area contributed by atoms with Crippen LogP contribution in [0.15, 0.2) is 36.0 Å².